The van der Waals surface area contributed by atoms with E-state index >= 15 is 0 Å². The number of aromatic nitrogens is 2. The minimum atomic E-state index is -1.19. The average Bonchev–Trinajstić information content (AvgIpc) is 3.74. The molecule has 2 aromatic heterocycles. The molecule has 0 bridgehead atoms. The monoisotopic (exact) mass is 796 g/mol. The van der Waals surface area contributed by atoms with Crippen molar-refractivity contribution in [2.24, 2.45) is 19.8 Å². The van der Waals surface area contributed by atoms with Gasteiger partial charge in [0, 0.05) is 49.3 Å². The lowest BCUT2D eigenvalue weighted by Gasteiger charge is -2.21. The SMILES string of the molecule is Cn1c(Br)c2c(c1C(=O)Nc1ccc(F)c(Cl)c1)CCC2N.Cn1cc2c(c1C(=O)Nc1ccc(F)c(Cl)c1)CCC2NS(=O)C(C)(C)C. The number of fused-ring (bicyclic) bond motifs is 2. The lowest BCUT2D eigenvalue weighted by atomic mass is 10.1. The number of amides is 2. The summed E-state index contributed by atoms with van der Waals surface area (Å²) in [5, 5.41) is 5.45. The fraction of sp³-hybridized carbons (Fsp3) is 0.353. The zero-order chi connectivity index (χ0) is 35.9. The second-order valence-corrected chi connectivity index (χ2v) is 16.6. The zero-order valence-electron chi connectivity index (χ0n) is 27.5. The van der Waals surface area contributed by atoms with Crippen LogP contribution in [0.15, 0.2) is 47.2 Å². The number of nitrogens with two attached hydrogens (primary N) is 1. The summed E-state index contributed by atoms with van der Waals surface area (Å²) in [6.45, 7) is 5.76. The van der Waals surface area contributed by atoms with E-state index in [4.69, 9.17) is 28.9 Å². The van der Waals surface area contributed by atoms with Crippen LogP contribution < -0.4 is 21.1 Å². The third kappa shape index (κ3) is 7.82. The van der Waals surface area contributed by atoms with Gasteiger partial charge in [-0.05, 0) is 115 Å². The third-order valence-electron chi connectivity index (χ3n) is 8.51. The molecular weight excluding hydrogens is 761 g/mol. The molecule has 3 atom stereocenters. The van der Waals surface area contributed by atoms with Gasteiger partial charge < -0.3 is 25.5 Å². The van der Waals surface area contributed by atoms with Gasteiger partial charge in [0.25, 0.3) is 11.8 Å². The molecule has 0 aliphatic heterocycles. The van der Waals surface area contributed by atoms with Crippen LogP contribution in [0.5, 0.6) is 0 Å². The van der Waals surface area contributed by atoms with Gasteiger partial charge in [-0.3, -0.25) is 9.59 Å². The maximum Gasteiger partial charge on any atom is 0.272 e. The van der Waals surface area contributed by atoms with Gasteiger partial charge in [-0.15, -0.1) is 0 Å². The van der Waals surface area contributed by atoms with E-state index in [1.807, 2.05) is 41.1 Å². The van der Waals surface area contributed by atoms with Gasteiger partial charge in [-0.1, -0.05) is 23.2 Å². The van der Waals surface area contributed by atoms with Gasteiger partial charge >= 0.3 is 0 Å². The minimum Gasteiger partial charge on any atom is -0.346 e. The maximum absolute atomic E-state index is 13.3. The number of benzene rings is 2. The fourth-order valence-electron chi connectivity index (χ4n) is 6.06. The van der Waals surface area contributed by atoms with Crippen molar-refractivity contribution in [2.75, 3.05) is 10.6 Å². The Morgan fingerprint density at radius 2 is 1.45 bits per heavy atom. The standard InChI is InChI=1S/C19H23ClFN3O2S.C15H14BrClFN3O/c1-19(2,3)27(26)23-16-8-6-12-13(16)10-24(4)17(12)18(25)22-11-5-7-15(21)14(20)9-11;1-21-13(8-3-5-11(19)12(8)14(21)16)15(22)20-7-2-4-10(18)9(17)6-7/h5,7,9-10,16,23H,6,8H2,1-4H3,(H,22,25);2,4,6,11H,3,5,19H2,1H3,(H,20,22). The van der Waals surface area contributed by atoms with Gasteiger partial charge in [0.05, 0.1) is 30.4 Å². The van der Waals surface area contributed by atoms with Crippen LogP contribution in [0.1, 0.15) is 88.9 Å². The van der Waals surface area contributed by atoms with Crippen LogP contribution in [-0.4, -0.2) is 29.9 Å². The molecule has 0 saturated heterocycles. The highest BCUT2D eigenvalue weighted by Crippen LogP contribution is 2.40. The molecular formula is C34H37BrCl2F2N6O3S. The molecule has 15 heteroatoms. The number of rotatable bonds is 6. The molecule has 3 unspecified atom stereocenters. The first-order chi connectivity index (χ1) is 23.0. The largest absolute Gasteiger partial charge is 0.346 e. The Kier molecular flexibility index (Phi) is 11.1. The van der Waals surface area contributed by atoms with E-state index in [1.165, 1.54) is 36.4 Å². The Morgan fingerprint density at radius 3 is 1.98 bits per heavy atom. The summed E-state index contributed by atoms with van der Waals surface area (Å²) < 4.78 is 46.1. The molecule has 262 valence electrons. The summed E-state index contributed by atoms with van der Waals surface area (Å²) in [5.74, 6) is -1.59. The van der Waals surface area contributed by atoms with Gasteiger partial charge in [-0.25, -0.2) is 17.7 Å². The maximum atomic E-state index is 13.3. The van der Waals surface area contributed by atoms with Crippen LogP contribution >= 0.6 is 39.1 Å². The smallest absolute Gasteiger partial charge is 0.272 e. The normalized spacial score (nSPS) is 17.2. The summed E-state index contributed by atoms with van der Waals surface area (Å²) in [6, 6.07) is 8.05. The first-order valence-electron chi connectivity index (χ1n) is 15.5. The van der Waals surface area contributed by atoms with Crippen LogP contribution in [0.3, 0.4) is 0 Å². The number of nitrogens with one attached hydrogen (secondary N) is 3. The van der Waals surface area contributed by atoms with E-state index in [0.29, 0.717) is 22.8 Å². The van der Waals surface area contributed by atoms with E-state index in [0.717, 1.165) is 52.5 Å². The molecule has 49 heavy (non-hydrogen) atoms. The van der Waals surface area contributed by atoms with E-state index < -0.39 is 22.6 Å². The topological polar surface area (TPSA) is 123 Å². The Morgan fingerprint density at radius 1 is 0.918 bits per heavy atom. The summed E-state index contributed by atoms with van der Waals surface area (Å²) in [4.78, 5) is 25.4. The first-order valence-corrected chi connectivity index (χ1v) is 18.2. The van der Waals surface area contributed by atoms with Gasteiger partial charge in [0.1, 0.15) is 23.0 Å². The van der Waals surface area contributed by atoms with Crippen molar-refractivity contribution in [1.29, 1.82) is 0 Å². The molecule has 0 fully saturated rings. The Labute approximate surface area is 304 Å². The minimum absolute atomic E-state index is 0.0295. The molecule has 0 saturated carbocycles. The summed E-state index contributed by atoms with van der Waals surface area (Å²) >= 11 is 15.0. The number of hydrogen-bond acceptors (Lipinski definition) is 4. The highest BCUT2D eigenvalue weighted by atomic mass is 79.9. The van der Waals surface area contributed by atoms with Crippen LogP contribution in [0, 0.1) is 11.6 Å². The van der Waals surface area contributed by atoms with Crippen molar-refractivity contribution < 1.29 is 22.6 Å². The predicted octanol–water partition coefficient (Wildman–Crippen LogP) is 7.89. The molecule has 2 heterocycles. The van der Waals surface area contributed by atoms with E-state index in [9.17, 15) is 22.6 Å². The van der Waals surface area contributed by atoms with Gasteiger partial charge in [-0.2, -0.15) is 0 Å². The number of hydrogen-bond donors (Lipinski definition) is 4. The van der Waals surface area contributed by atoms with Crippen molar-refractivity contribution in [3.05, 3.63) is 103 Å². The third-order valence-corrected chi connectivity index (χ3v) is 11.7. The molecule has 2 aliphatic carbocycles. The summed E-state index contributed by atoms with van der Waals surface area (Å²) in [5.41, 5.74) is 12.0. The van der Waals surface area contributed by atoms with Crippen molar-refractivity contribution >= 4 is 73.3 Å². The Bertz CT molecular complexity index is 1980. The molecule has 5 N–H and O–H groups in total. The number of carbonyl (C=O) groups excluding carboxylic acids is 2. The molecule has 0 spiro atoms. The molecule has 9 nitrogen and oxygen atoms in total. The molecule has 4 aromatic rings. The number of anilines is 2. The number of nitrogens with zero attached hydrogens (tertiary/aromatic N) is 2. The van der Waals surface area contributed by atoms with Crippen molar-refractivity contribution in [1.82, 2.24) is 13.9 Å². The van der Waals surface area contributed by atoms with Crippen LogP contribution in [-0.2, 0) is 37.9 Å². The molecule has 2 amide bonds. The summed E-state index contributed by atoms with van der Waals surface area (Å²) in [7, 11) is 2.43. The van der Waals surface area contributed by atoms with Crippen molar-refractivity contribution in [3.63, 3.8) is 0 Å². The first kappa shape index (κ1) is 37.2. The fourth-order valence-corrected chi connectivity index (χ4v) is 7.99. The van der Waals surface area contributed by atoms with Gasteiger partial charge in [0.15, 0.2) is 0 Å². The van der Waals surface area contributed by atoms with Crippen molar-refractivity contribution in [3.8, 4) is 0 Å². The Balaban J connectivity index is 0.000000195. The highest BCUT2D eigenvalue weighted by Gasteiger charge is 2.34. The molecule has 2 aromatic carbocycles. The van der Waals surface area contributed by atoms with Crippen LogP contribution in [0.25, 0.3) is 0 Å². The van der Waals surface area contributed by atoms with Crippen LogP contribution in [0.4, 0.5) is 20.2 Å². The molecule has 0 radical (unpaired) electrons. The lowest BCUT2D eigenvalue weighted by Crippen LogP contribution is -2.35. The number of aryl methyl sites for hydroxylation is 1. The predicted molar refractivity (Wildman–Crippen MR) is 195 cm³/mol. The Hall–Kier alpha value is -3.07. The lowest BCUT2D eigenvalue weighted by molar-refractivity contribution is 0.101. The van der Waals surface area contributed by atoms with Crippen molar-refractivity contribution in [2.45, 2.75) is 63.3 Å². The number of carbonyl (C=O) groups is 2. The van der Waals surface area contributed by atoms with E-state index in [-0.39, 0.29) is 38.7 Å². The highest BCUT2D eigenvalue weighted by molar-refractivity contribution is 9.10. The van der Waals surface area contributed by atoms with Crippen LogP contribution in [0.2, 0.25) is 10.0 Å². The quantitative estimate of drug-likeness (QED) is 0.159. The van der Waals surface area contributed by atoms with E-state index in [1.54, 1.807) is 9.13 Å². The molecule has 2 aliphatic rings. The zero-order valence-corrected chi connectivity index (χ0v) is 31.4. The summed E-state index contributed by atoms with van der Waals surface area (Å²) in [6.07, 6.45) is 5.01. The average molecular weight is 799 g/mol. The van der Waals surface area contributed by atoms with Gasteiger partial charge in [0.2, 0.25) is 0 Å². The number of halogens is 5. The molecule has 6 rings (SSSR count). The second-order valence-electron chi connectivity index (χ2n) is 13.0. The second kappa shape index (κ2) is 14.7. The van der Waals surface area contributed by atoms with E-state index in [2.05, 4.69) is 31.3 Å².